The SMILES string of the molecule is Cn1nncc1C(=O)c1cccc(F)c1. The van der Waals surface area contributed by atoms with E-state index in [1.807, 2.05) is 0 Å². The lowest BCUT2D eigenvalue weighted by Crippen LogP contribution is -2.08. The van der Waals surface area contributed by atoms with Crippen LogP contribution in [0.2, 0.25) is 0 Å². The number of rotatable bonds is 2. The molecule has 0 amide bonds. The number of hydrogen-bond acceptors (Lipinski definition) is 3. The summed E-state index contributed by atoms with van der Waals surface area (Å²) in [7, 11) is 1.61. The Morgan fingerprint density at radius 2 is 2.27 bits per heavy atom. The highest BCUT2D eigenvalue weighted by atomic mass is 19.1. The van der Waals surface area contributed by atoms with Crippen LogP contribution in [-0.4, -0.2) is 20.8 Å². The van der Waals surface area contributed by atoms with Crippen molar-refractivity contribution in [2.45, 2.75) is 0 Å². The lowest BCUT2D eigenvalue weighted by molar-refractivity contribution is 0.103. The summed E-state index contributed by atoms with van der Waals surface area (Å²) < 4.78 is 14.2. The molecule has 1 aromatic carbocycles. The average Bonchev–Trinajstić information content (AvgIpc) is 2.63. The van der Waals surface area contributed by atoms with Crippen LogP contribution in [0.1, 0.15) is 16.1 Å². The zero-order valence-electron chi connectivity index (χ0n) is 8.01. The Labute approximate surface area is 85.3 Å². The van der Waals surface area contributed by atoms with Gasteiger partial charge in [0.2, 0.25) is 5.78 Å². The second-order valence-electron chi connectivity index (χ2n) is 3.08. The molecule has 15 heavy (non-hydrogen) atoms. The van der Waals surface area contributed by atoms with Crippen LogP contribution < -0.4 is 0 Å². The van der Waals surface area contributed by atoms with Gasteiger partial charge in [0, 0.05) is 12.6 Å². The first kappa shape index (κ1) is 9.51. The van der Waals surface area contributed by atoms with Crippen molar-refractivity contribution in [3.63, 3.8) is 0 Å². The Balaban J connectivity index is 2.41. The topological polar surface area (TPSA) is 47.8 Å². The molecule has 0 atom stereocenters. The number of hydrogen-bond donors (Lipinski definition) is 0. The minimum atomic E-state index is -0.434. The molecule has 0 saturated heterocycles. The molecule has 2 rings (SSSR count). The van der Waals surface area contributed by atoms with Gasteiger partial charge < -0.3 is 0 Å². The first-order chi connectivity index (χ1) is 7.18. The van der Waals surface area contributed by atoms with Gasteiger partial charge in [-0.05, 0) is 12.1 Å². The van der Waals surface area contributed by atoms with Crippen LogP contribution in [0.25, 0.3) is 0 Å². The van der Waals surface area contributed by atoms with Gasteiger partial charge in [-0.2, -0.15) is 0 Å². The second kappa shape index (κ2) is 3.61. The lowest BCUT2D eigenvalue weighted by Gasteiger charge is -1.99. The van der Waals surface area contributed by atoms with Crippen LogP contribution >= 0.6 is 0 Å². The zero-order valence-corrected chi connectivity index (χ0v) is 8.01. The lowest BCUT2D eigenvalue weighted by atomic mass is 10.1. The fraction of sp³-hybridized carbons (Fsp3) is 0.100. The first-order valence-electron chi connectivity index (χ1n) is 4.33. The molecule has 0 fully saturated rings. The van der Waals surface area contributed by atoms with Gasteiger partial charge in [-0.25, -0.2) is 9.07 Å². The largest absolute Gasteiger partial charge is 0.287 e. The third kappa shape index (κ3) is 1.76. The van der Waals surface area contributed by atoms with Gasteiger partial charge in [-0.3, -0.25) is 4.79 Å². The van der Waals surface area contributed by atoms with E-state index in [9.17, 15) is 9.18 Å². The van der Waals surface area contributed by atoms with Crippen LogP contribution in [0.3, 0.4) is 0 Å². The number of carbonyl (C=O) groups excluding carboxylic acids is 1. The van der Waals surface area contributed by atoms with Crippen molar-refractivity contribution in [1.82, 2.24) is 15.0 Å². The fourth-order valence-corrected chi connectivity index (χ4v) is 1.27. The van der Waals surface area contributed by atoms with Crippen LogP contribution in [0, 0.1) is 5.82 Å². The molecular formula is C10H8FN3O. The van der Waals surface area contributed by atoms with E-state index >= 15 is 0 Å². The van der Waals surface area contributed by atoms with Crippen molar-refractivity contribution < 1.29 is 9.18 Å². The summed E-state index contributed by atoms with van der Waals surface area (Å²) in [6.07, 6.45) is 1.35. The zero-order chi connectivity index (χ0) is 10.8. The van der Waals surface area contributed by atoms with Crippen molar-refractivity contribution >= 4 is 5.78 Å². The molecule has 0 aliphatic carbocycles. The average molecular weight is 205 g/mol. The van der Waals surface area contributed by atoms with Crippen LogP contribution in [-0.2, 0) is 7.05 Å². The molecule has 0 aliphatic heterocycles. The predicted molar refractivity (Wildman–Crippen MR) is 50.8 cm³/mol. The number of aryl methyl sites for hydroxylation is 1. The Morgan fingerprint density at radius 1 is 1.47 bits per heavy atom. The molecule has 5 heteroatoms. The van der Waals surface area contributed by atoms with Crippen LogP contribution in [0.15, 0.2) is 30.5 Å². The van der Waals surface area contributed by atoms with E-state index in [1.54, 1.807) is 13.1 Å². The van der Waals surface area contributed by atoms with Gasteiger partial charge in [-0.1, -0.05) is 17.3 Å². The molecule has 2 aromatic rings. The van der Waals surface area contributed by atoms with E-state index in [0.717, 1.165) is 0 Å². The normalized spacial score (nSPS) is 10.3. The van der Waals surface area contributed by atoms with Crippen molar-refractivity contribution in [1.29, 1.82) is 0 Å². The number of nitrogens with zero attached hydrogens (tertiary/aromatic N) is 3. The maximum atomic E-state index is 12.9. The van der Waals surface area contributed by atoms with Gasteiger partial charge >= 0.3 is 0 Å². The first-order valence-corrected chi connectivity index (χ1v) is 4.33. The Kier molecular flexibility index (Phi) is 2.29. The quantitative estimate of drug-likeness (QED) is 0.692. The van der Waals surface area contributed by atoms with Crippen LogP contribution in [0.5, 0.6) is 0 Å². The molecule has 1 aromatic heterocycles. The van der Waals surface area contributed by atoms with Gasteiger partial charge in [0.05, 0.1) is 6.20 Å². The van der Waals surface area contributed by atoms with E-state index in [-0.39, 0.29) is 5.78 Å². The van der Waals surface area contributed by atoms with E-state index in [0.29, 0.717) is 11.3 Å². The molecule has 0 radical (unpaired) electrons. The van der Waals surface area contributed by atoms with E-state index < -0.39 is 5.82 Å². The van der Waals surface area contributed by atoms with Crippen molar-refractivity contribution in [3.8, 4) is 0 Å². The summed E-state index contributed by atoms with van der Waals surface area (Å²) in [6.45, 7) is 0. The number of aromatic nitrogens is 3. The second-order valence-corrected chi connectivity index (χ2v) is 3.08. The predicted octanol–water partition coefficient (Wildman–Crippen LogP) is 1.19. The minimum absolute atomic E-state index is 0.290. The fourth-order valence-electron chi connectivity index (χ4n) is 1.27. The molecule has 0 N–H and O–H groups in total. The molecule has 0 spiro atoms. The summed E-state index contributed by atoms with van der Waals surface area (Å²) in [5.41, 5.74) is 0.626. The third-order valence-corrected chi connectivity index (χ3v) is 2.03. The van der Waals surface area contributed by atoms with E-state index in [4.69, 9.17) is 0 Å². The molecule has 1 heterocycles. The number of carbonyl (C=O) groups is 1. The summed E-state index contributed by atoms with van der Waals surface area (Å²) in [4.78, 5) is 11.8. The summed E-state index contributed by atoms with van der Waals surface area (Å²) in [5.74, 6) is -0.724. The number of benzene rings is 1. The molecule has 4 nitrogen and oxygen atoms in total. The monoisotopic (exact) mass is 205 g/mol. The minimum Gasteiger partial charge on any atom is -0.287 e. The van der Waals surface area contributed by atoms with Crippen LogP contribution in [0.4, 0.5) is 4.39 Å². The highest BCUT2D eigenvalue weighted by molar-refractivity contribution is 6.07. The number of halogens is 1. The Hall–Kier alpha value is -2.04. The molecule has 0 aliphatic rings. The number of ketones is 1. The van der Waals surface area contributed by atoms with E-state index in [1.165, 1.54) is 29.1 Å². The maximum Gasteiger partial charge on any atom is 0.212 e. The summed E-state index contributed by atoms with van der Waals surface area (Å²) in [6, 6.07) is 5.53. The summed E-state index contributed by atoms with van der Waals surface area (Å²) in [5, 5.41) is 7.23. The third-order valence-electron chi connectivity index (χ3n) is 2.03. The highest BCUT2D eigenvalue weighted by Crippen LogP contribution is 2.09. The molecule has 0 unspecified atom stereocenters. The van der Waals surface area contributed by atoms with Gasteiger partial charge in [-0.15, -0.1) is 5.10 Å². The van der Waals surface area contributed by atoms with Gasteiger partial charge in [0.15, 0.2) is 0 Å². The van der Waals surface area contributed by atoms with Gasteiger partial charge in [0.1, 0.15) is 11.5 Å². The molecular weight excluding hydrogens is 197 g/mol. The Bertz CT molecular complexity index is 507. The Morgan fingerprint density at radius 3 is 2.87 bits per heavy atom. The summed E-state index contributed by atoms with van der Waals surface area (Å²) >= 11 is 0. The molecule has 0 saturated carbocycles. The maximum absolute atomic E-state index is 12.9. The van der Waals surface area contributed by atoms with Crippen molar-refractivity contribution in [2.24, 2.45) is 7.05 Å². The van der Waals surface area contributed by atoms with Crippen molar-refractivity contribution in [3.05, 3.63) is 47.5 Å². The van der Waals surface area contributed by atoms with E-state index in [2.05, 4.69) is 10.3 Å². The van der Waals surface area contributed by atoms with Crippen molar-refractivity contribution in [2.75, 3.05) is 0 Å². The molecule has 76 valence electrons. The highest BCUT2D eigenvalue weighted by Gasteiger charge is 2.13. The van der Waals surface area contributed by atoms with Gasteiger partial charge in [0.25, 0.3) is 0 Å². The smallest absolute Gasteiger partial charge is 0.212 e. The standard InChI is InChI=1S/C10H8FN3O/c1-14-9(6-12-13-14)10(15)7-3-2-4-8(11)5-7/h2-6H,1H3. The molecule has 0 bridgehead atoms.